The Labute approximate surface area is 208 Å². The largest absolute Gasteiger partial charge is 0.357 e. The second-order valence-corrected chi connectivity index (χ2v) is 8.19. The van der Waals surface area contributed by atoms with Gasteiger partial charge >= 0.3 is 0 Å². The second-order valence-electron chi connectivity index (χ2n) is 8.19. The first-order valence-electron chi connectivity index (χ1n) is 11.8. The van der Waals surface area contributed by atoms with E-state index >= 15 is 0 Å². The third-order valence-corrected chi connectivity index (χ3v) is 5.82. The number of rotatable bonds is 8. The fourth-order valence-electron chi connectivity index (χ4n) is 4.11. The molecule has 3 aromatic heterocycles. The first-order chi connectivity index (χ1) is 16.9. The molecule has 0 unspecified atom stereocenters. The van der Waals surface area contributed by atoms with Gasteiger partial charge in [0.25, 0.3) is 0 Å². The zero-order chi connectivity index (χ0) is 25.4. The Morgan fingerprint density at radius 1 is 1.11 bits per heavy atom. The van der Waals surface area contributed by atoms with Crippen LogP contribution in [0.5, 0.6) is 0 Å². The summed E-state index contributed by atoms with van der Waals surface area (Å²) in [6, 6.07) is 8.11. The van der Waals surface area contributed by atoms with Gasteiger partial charge in [-0.25, -0.2) is 0 Å². The Balaban J connectivity index is 2.17. The number of aromatic nitrogens is 4. The van der Waals surface area contributed by atoms with E-state index in [2.05, 4.69) is 71.5 Å². The van der Waals surface area contributed by atoms with Gasteiger partial charge in [0.1, 0.15) is 5.69 Å². The van der Waals surface area contributed by atoms with Gasteiger partial charge in [0.05, 0.1) is 16.7 Å². The molecule has 2 N–H and O–H groups in total. The minimum absolute atomic E-state index is 0.848. The summed E-state index contributed by atoms with van der Waals surface area (Å²) in [5, 5.41) is 9.79. The van der Waals surface area contributed by atoms with Crippen molar-refractivity contribution in [2.75, 3.05) is 0 Å². The number of aryl methyl sites for hydroxylation is 1. The van der Waals surface area contributed by atoms with E-state index in [-0.39, 0.29) is 0 Å². The summed E-state index contributed by atoms with van der Waals surface area (Å²) in [5.74, 6) is 0. The molecule has 3 aromatic rings. The molecule has 0 aromatic carbocycles. The van der Waals surface area contributed by atoms with Gasteiger partial charge < -0.3 is 4.98 Å². The Kier molecular flexibility index (Phi) is 8.58. The van der Waals surface area contributed by atoms with Crippen LogP contribution in [-0.4, -0.2) is 20.2 Å². The number of aromatic amines is 2. The van der Waals surface area contributed by atoms with Crippen LogP contribution in [-0.2, 0) is 0 Å². The third-order valence-electron chi connectivity index (χ3n) is 5.82. The summed E-state index contributed by atoms with van der Waals surface area (Å²) in [4.78, 5) is 8.13. The Morgan fingerprint density at radius 2 is 1.91 bits per heavy atom. The lowest BCUT2D eigenvalue weighted by Gasteiger charge is -2.07. The van der Waals surface area contributed by atoms with E-state index in [0.29, 0.717) is 0 Å². The van der Waals surface area contributed by atoms with Crippen molar-refractivity contribution in [3.63, 3.8) is 0 Å². The zero-order valence-corrected chi connectivity index (χ0v) is 21.3. The van der Waals surface area contributed by atoms with Crippen molar-refractivity contribution in [2.24, 2.45) is 0 Å². The third kappa shape index (κ3) is 5.67. The fraction of sp³-hybridized carbons (Fsp3) is 0.161. The number of allylic oxidation sites excluding steroid dienone is 9. The number of hydrogen-bond donors (Lipinski definition) is 2. The maximum atomic E-state index is 4.67. The highest BCUT2D eigenvalue weighted by molar-refractivity contribution is 5.82. The molecule has 4 heteroatoms. The SMILES string of the molecule is C=C/C=C(C)\C(=C/C)C(=C)/C=c1/c(-c2cc(/C(=C\C=C/C)c3ccccn3)c(C)[nH]2)n[nH]/c1=C/C. The second kappa shape index (κ2) is 11.8. The van der Waals surface area contributed by atoms with Crippen molar-refractivity contribution in [1.29, 1.82) is 0 Å². The van der Waals surface area contributed by atoms with E-state index in [1.807, 2.05) is 69.5 Å². The molecule has 0 bridgehead atoms. The molecule has 0 saturated heterocycles. The number of H-pyrrole nitrogens is 2. The summed E-state index contributed by atoms with van der Waals surface area (Å²) in [5.41, 5.74) is 9.01. The average molecular weight is 463 g/mol. The van der Waals surface area contributed by atoms with Gasteiger partial charge in [0.15, 0.2) is 0 Å². The smallest absolute Gasteiger partial charge is 0.116 e. The van der Waals surface area contributed by atoms with Gasteiger partial charge in [0.2, 0.25) is 0 Å². The molecule has 0 fully saturated rings. The average Bonchev–Trinajstić information content (AvgIpc) is 3.43. The van der Waals surface area contributed by atoms with Crippen LogP contribution >= 0.6 is 0 Å². The van der Waals surface area contributed by atoms with Gasteiger partial charge in [-0.05, 0) is 75.6 Å². The van der Waals surface area contributed by atoms with Crippen LogP contribution in [0, 0.1) is 6.92 Å². The van der Waals surface area contributed by atoms with Crippen LogP contribution in [0.1, 0.15) is 44.6 Å². The van der Waals surface area contributed by atoms with Gasteiger partial charge in [-0.1, -0.05) is 61.8 Å². The van der Waals surface area contributed by atoms with E-state index in [0.717, 1.165) is 61.2 Å². The Bertz CT molecular complexity index is 1450. The molecule has 0 spiro atoms. The van der Waals surface area contributed by atoms with Crippen LogP contribution in [0.4, 0.5) is 0 Å². The maximum Gasteiger partial charge on any atom is 0.116 e. The predicted octanol–water partition coefficient (Wildman–Crippen LogP) is 6.33. The number of nitrogens with one attached hydrogen (secondary N) is 2. The standard InChI is InChI=1S/C31H34N4/c1-8-12-16-25(29-17-13-14-18-32-29)26-20-30(33-23(26)7)31-27(28(11-4)34-35-31)19-22(6)24(10-3)21(5)15-9-2/h8-20,33-34H,2,6H2,1,3-5,7H3/b12-8-,21-15-,24-10+,25-16+,27-19+,28-11+. The molecule has 0 aliphatic rings. The topological polar surface area (TPSA) is 57.4 Å². The lowest BCUT2D eigenvalue weighted by Crippen LogP contribution is -2.23. The molecule has 178 valence electrons. The van der Waals surface area contributed by atoms with Crippen LogP contribution in [0.25, 0.3) is 29.1 Å². The van der Waals surface area contributed by atoms with E-state index in [1.54, 1.807) is 6.08 Å². The quantitative estimate of drug-likeness (QED) is 0.384. The first-order valence-corrected chi connectivity index (χ1v) is 11.8. The van der Waals surface area contributed by atoms with E-state index < -0.39 is 0 Å². The highest BCUT2D eigenvalue weighted by Gasteiger charge is 2.16. The molecule has 4 nitrogen and oxygen atoms in total. The number of hydrogen-bond acceptors (Lipinski definition) is 2. The summed E-state index contributed by atoms with van der Waals surface area (Å²) < 4.78 is 0. The molecule has 0 amide bonds. The summed E-state index contributed by atoms with van der Waals surface area (Å²) in [6.45, 7) is 18.3. The Hall–Kier alpha value is -4.18. The van der Waals surface area contributed by atoms with Gasteiger partial charge in [0, 0.05) is 28.2 Å². The minimum Gasteiger partial charge on any atom is -0.357 e. The summed E-state index contributed by atoms with van der Waals surface area (Å²) in [7, 11) is 0. The number of pyridine rings is 1. The van der Waals surface area contributed by atoms with Crippen molar-refractivity contribution in [2.45, 2.75) is 34.6 Å². The molecule has 0 radical (unpaired) electrons. The Morgan fingerprint density at radius 3 is 2.54 bits per heavy atom. The van der Waals surface area contributed by atoms with Gasteiger partial charge in [-0.2, -0.15) is 5.10 Å². The van der Waals surface area contributed by atoms with Crippen molar-refractivity contribution >= 4 is 17.7 Å². The molecule has 35 heavy (non-hydrogen) atoms. The van der Waals surface area contributed by atoms with Crippen LogP contribution in [0.3, 0.4) is 0 Å². The van der Waals surface area contributed by atoms with Crippen molar-refractivity contribution in [1.82, 2.24) is 20.2 Å². The molecular formula is C31H34N4. The minimum atomic E-state index is 0.848. The molecular weight excluding hydrogens is 428 g/mol. The monoisotopic (exact) mass is 462 g/mol. The van der Waals surface area contributed by atoms with Gasteiger partial charge in [-0.15, -0.1) is 0 Å². The van der Waals surface area contributed by atoms with E-state index in [9.17, 15) is 0 Å². The highest BCUT2D eigenvalue weighted by atomic mass is 15.1. The van der Waals surface area contributed by atoms with Crippen LogP contribution in [0.2, 0.25) is 0 Å². The molecule has 3 rings (SSSR count). The summed E-state index contributed by atoms with van der Waals surface area (Å²) in [6.07, 6.45) is 18.0. The zero-order valence-electron chi connectivity index (χ0n) is 21.3. The normalized spacial score (nSPS) is 14.3. The van der Waals surface area contributed by atoms with Crippen LogP contribution < -0.4 is 10.6 Å². The van der Waals surface area contributed by atoms with E-state index in [4.69, 9.17) is 0 Å². The molecule has 0 aliphatic carbocycles. The predicted molar refractivity (Wildman–Crippen MR) is 150 cm³/mol. The molecule has 0 atom stereocenters. The lowest BCUT2D eigenvalue weighted by molar-refractivity contribution is 1.06. The van der Waals surface area contributed by atoms with Crippen molar-refractivity contribution in [3.05, 3.63) is 124 Å². The fourth-order valence-corrected chi connectivity index (χ4v) is 4.11. The lowest BCUT2D eigenvalue weighted by atomic mass is 9.98. The molecule has 0 aliphatic heterocycles. The number of nitrogens with zero attached hydrogens (tertiary/aromatic N) is 2. The van der Waals surface area contributed by atoms with Gasteiger partial charge in [-0.3, -0.25) is 10.1 Å². The van der Waals surface area contributed by atoms with Crippen molar-refractivity contribution in [3.8, 4) is 11.4 Å². The molecule has 3 heterocycles. The highest BCUT2D eigenvalue weighted by Crippen LogP contribution is 2.28. The maximum absolute atomic E-state index is 4.67. The van der Waals surface area contributed by atoms with E-state index in [1.165, 1.54) is 0 Å². The van der Waals surface area contributed by atoms with Crippen molar-refractivity contribution < 1.29 is 0 Å². The molecule has 0 saturated carbocycles. The summed E-state index contributed by atoms with van der Waals surface area (Å²) >= 11 is 0. The first kappa shape index (κ1) is 25.4. The van der Waals surface area contributed by atoms with Crippen LogP contribution in [0.15, 0.2) is 96.8 Å².